The van der Waals surface area contributed by atoms with Crippen molar-refractivity contribution in [1.82, 2.24) is 9.97 Å². The van der Waals surface area contributed by atoms with Crippen LogP contribution in [-0.2, 0) is 0 Å². The van der Waals surface area contributed by atoms with Crippen LogP contribution in [0, 0.1) is 6.07 Å². The van der Waals surface area contributed by atoms with Gasteiger partial charge in [-0.15, -0.1) is 12.4 Å². The average Bonchev–Trinajstić information content (AvgIpc) is 1.72. The minimum absolute atomic E-state index is 0. The van der Waals surface area contributed by atoms with Crippen molar-refractivity contribution in [2.45, 2.75) is 0 Å². The van der Waals surface area contributed by atoms with Crippen molar-refractivity contribution in [3.05, 3.63) is 24.8 Å². The summed E-state index contributed by atoms with van der Waals surface area (Å²) in [5.41, 5.74) is 0. The molecule has 0 aliphatic carbocycles. The van der Waals surface area contributed by atoms with Crippen LogP contribution in [0.2, 0.25) is 0 Å². The molecule has 30 valence electrons. The van der Waals surface area contributed by atoms with E-state index in [2.05, 4.69) is 16.0 Å². The predicted octanol–water partition coefficient (Wildman–Crippen LogP) is -2.72. The molecule has 1 heterocycles. The zero-order chi connectivity index (χ0) is 4.24. The summed E-state index contributed by atoms with van der Waals surface area (Å²) < 4.78 is 0. The third kappa shape index (κ3) is 2.74. The smallest absolute Gasteiger partial charge is 0.434 e. The number of hydrogen-bond acceptors (Lipinski definition) is 2. The van der Waals surface area contributed by atoms with Crippen LogP contribution in [0.3, 0.4) is 0 Å². The standard InChI is InChI=1S/C4H3N2.Na/c1-2-5-4-6-3-1;/h2-4H;/q-1;+1. The number of aromatic nitrogens is 2. The molecule has 0 radical (unpaired) electrons. The molecule has 0 saturated heterocycles. The van der Waals surface area contributed by atoms with Gasteiger partial charge in [-0.1, -0.05) is 0 Å². The van der Waals surface area contributed by atoms with E-state index >= 15 is 0 Å². The minimum atomic E-state index is 0. The molecule has 1 rings (SSSR count). The van der Waals surface area contributed by atoms with Crippen LogP contribution in [0.4, 0.5) is 0 Å². The van der Waals surface area contributed by atoms with E-state index in [9.17, 15) is 0 Å². The second kappa shape index (κ2) is 4.24. The minimum Gasteiger partial charge on any atom is -0.434 e. The van der Waals surface area contributed by atoms with Crippen LogP contribution in [0.25, 0.3) is 0 Å². The molecule has 0 fully saturated rings. The van der Waals surface area contributed by atoms with Crippen LogP contribution in [0.15, 0.2) is 18.7 Å². The van der Waals surface area contributed by atoms with E-state index in [1.54, 1.807) is 12.4 Å². The Labute approximate surface area is 64.3 Å². The number of nitrogens with zero attached hydrogens (tertiary/aromatic N) is 2. The van der Waals surface area contributed by atoms with Gasteiger partial charge in [0.2, 0.25) is 0 Å². The molecule has 0 spiro atoms. The Morgan fingerprint density at radius 3 is 1.86 bits per heavy atom. The Kier molecular flexibility index (Phi) is 4.29. The Bertz CT molecular complexity index is 81.6. The summed E-state index contributed by atoms with van der Waals surface area (Å²) in [6, 6.07) is 2.67. The fourth-order valence-electron chi connectivity index (χ4n) is 0.225. The Hall–Kier alpha value is 0.0800. The number of rotatable bonds is 0. The monoisotopic (exact) mass is 102 g/mol. The van der Waals surface area contributed by atoms with Gasteiger partial charge < -0.3 is 6.07 Å². The molecule has 7 heavy (non-hydrogen) atoms. The zero-order valence-electron chi connectivity index (χ0n) is 4.13. The summed E-state index contributed by atoms with van der Waals surface area (Å²) in [5, 5.41) is 0. The van der Waals surface area contributed by atoms with Crippen LogP contribution >= 0.6 is 0 Å². The molecule has 0 amide bonds. The summed E-state index contributed by atoms with van der Waals surface area (Å²) >= 11 is 0. The van der Waals surface area contributed by atoms with Crippen LogP contribution in [0.5, 0.6) is 0 Å². The van der Waals surface area contributed by atoms with Crippen molar-refractivity contribution in [1.29, 1.82) is 0 Å². The van der Waals surface area contributed by atoms with Crippen molar-refractivity contribution in [3.63, 3.8) is 0 Å². The van der Waals surface area contributed by atoms with Crippen molar-refractivity contribution < 1.29 is 29.6 Å². The third-order valence-corrected chi connectivity index (χ3v) is 0.431. The van der Waals surface area contributed by atoms with Crippen LogP contribution in [0.1, 0.15) is 0 Å². The SMILES string of the molecule is [Na+].[c-]1cncnc1. The van der Waals surface area contributed by atoms with Gasteiger partial charge in [0, 0.05) is 0 Å². The van der Waals surface area contributed by atoms with Gasteiger partial charge in [-0.3, -0.25) is 9.97 Å². The fourth-order valence-corrected chi connectivity index (χ4v) is 0.225. The van der Waals surface area contributed by atoms with Crippen molar-refractivity contribution in [2.75, 3.05) is 0 Å². The molecule has 1 aromatic heterocycles. The van der Waals surface area contributed by atoms with Crippen LogP contribution < -0.4 is 29.6 Å². The summed E-state index contributed by atoms with van der Waals surface area (Å²) in [5.74, 6) is 0. The molecule has 0 aliphatic rings. The normalized spacial score (nSPS) is 6.86. The summed E-state index contributed by atoms with van der Waals surface area (Å²) in [7, 11) is 0. The maximum absolute atomic E-state index is 3.62. The molecule has 0 atom stereocenters. The van der Waals surface area contributed by atoms with E-state index < -0.39 is 0 Å². The zero-order valence-corrected chi connectivity index (χ0v) is 6.13. The Morgan fingerprint density at radius 1 is 1.14 bits per heavy atom. The van der Waals surface area contributed by atoms with E-state index in [4.69, 9.17) is 0 Å². The molecule has 3 heteroatoms. The van der Waals surface area contributed by atoms with Gasteiger partial charge >= 0.3 is 29.6 Å². The van der Waals surface area contributed by atoms with Gasteiger partial charge in [0.15, 0.2) is 0 Å². The van der Waals surface area contributed by atoms with E-state index in [1.807, 2.05) is 0 Å². The van der Waals surface area contributed by atoms with Crippen LogP contribution in [-0.4, -0.2) is 9.97 Å². The van der Waals surface area contributed by atoms with Gasteiger partial charge in [-0.25, -0.2) is 0 Å². The molecule has 0 bridgehead atoms. The Morgan fingerprint density at radius 2 is 1.71 bits per heavy atom. The van der Waals surface area contributed by atoms with Crippen molar-refractivity contribution in [3.8, 4) is 0 Å². The average molecular weight is 102 g/mol. The van der Waals surface area contributed by atoms with Crippen molar-refractivity contribution >= 4 is 0 Å². The maximum atomic E-state index is 3.62. The first-order chi connectivity index (χ1) is 3.00. The quantitative estimate of drug-likeness (QED) is 0.263. The second-order valence-corrected chi connectivity index (χ2v) is 0.838. The summed E-state index contributed by atoms with van der Waals surface area (Å²) in [6.07, 6.45) is 4.59. The van der Waals surface area contributed by atoms with Gasteiger partial charge in [0.05, 0.1) is 0 Å². The first-order valence-electron chi connectivity index (χ1n) is 1.61. The molecule has 1 aromatic rings. The molecule has 2 nitrogen and oxygen atoms in total. The van der Waals surface area contributed by atoms with Gasteiger partial charge in [0.25, 0.3) is 0 Å². The van der Waals surface area contributed by atoms with Gasteiger partial charge in [0.1, 0.15) is 6.33 Å². The molecule has 0 unspecified atom stereocenters. The predicted molar refractivity (Wildman–Crippen MR) is 20.9 cm³/mol. The Balaban J connectivity index is 0.000000360. The summed E-state index contributed by atoms with van der Waals surface area (Å²) in [4.78, 5) is 7.24. The van der Waals surface area contributed by atoms with Gasteiger partial charge in [-0.05, 0) is 0 Å². The summed E-state index contributed by atoms with van der Waals surface area (Å²) in [6.45, 7) is 0. The van der Waals surface area contributed by atoms with Crippen molar-refractivity contribution in [2.24, 2.45) is 0 Å². The molecule has 0 aliphatic heterocycles. The maximum Gasteiger partial charge on any atom is 1.00 e. The van der Waals surface area contributed by atoms with E-state index in [0.717, 1.165) is 0 Å². The largest absolute Gasteiger partial charge is 1.00 e. The van der Waals surface area contributed by atoms with Gasteiger partial charge in [-0.2, -0.15) is 0 Å². The molecule has 0 saturated carbocycles. The molecular weight excluding hydrogens is 99.0 g/mol. The topological polar surface area (TPSA) is 25.8 Å². The molecular formula is C4H3N2Na. The molecule has 0 N–H and O–H groups in total. The fraction of sp³-hybridized carbons (Fsp3) is 0. The van der Waals surface area contributed by atoms with E-state index in [0.29, 0.717) is 0 Å². The third-order valence-electron chi connectivity index (χ3n) is 0.431. The van der Waals surface area contributed by atoms with E-state index in [-0.39, 0.29) is 29.6 Å². The first-order valence-corrected chi connectivity index (χ1v) is 1.61. The second-order valence-electron chi connectivity index (χ2n) is 0.838. The van der Waals surface area contributed by atoms with E-state index in [1.165, 1.54) is 6.33 Å². The first kappa shape index (κ1) is 7.08. The molecule has 0 aromatic carbocycles. The number of hydrogen-bond donors (Lipinski definition) is 0.